The number of carbonyl (C=O) groups is 2. The monoisotopic (exact) mass is 309 g/mol. The van der Waals surface area contributed by atoms with Gasteiger partial charge in [0, 0.05) is 19.4 Å². The van der Waals surface area contributed by atoms with E-state index in [4.69, 9.17) is 0 Å². The highest BCUT2D eigenvalue weighted by Gasteiger charge is 2.22. The number of rotatable bonds is 4. The minimum absolute atomic E-state index is 0.0287. The highest BCUT2D eigenvalue weighted by atomic mass is 127. The Morgan fingerprint density at radius 1 is 1.07 bits per heavy atom. The first-order valence-corrected chi connectivity index (χ1v) is 6.67. The number of carbonyl (C=O) groups excluding carboxylic acids is 2. The molecule has 0 aliphatic carbocycles. The molecule has 14 heavy (non-hydrogen) atoms. The van der Waals surface area contributed by atoms with Crippen molar-refractivity contribution in [2.75, 3.05) is 11.0 Å². The van der Waals surface area contributed by atoms with Gasteiger partial charge >= 0.3 is 0 Å². The van der Waals surface area contributed by atoms with E-state index in [-0.39, 0.29) is 11.8 Å². The number of amides is 2. The fourth-order valence-electron chi connectivity index (χ4n) is 1.58. The number of hydrogen-bond acceptors (Lipinski definition) is 2. The normalized spacial score (nSPS) is 18.5. The van der Waals surface area contributed by atoms with Crippen molar-refractivity contribution in [1.29, 1.82) is 0 Å². The van der Waals surface area contributed by atoms with Crippen molar-refractivity contribution in [2.24, 2.45) is 0 Å². The first-order chi connectivity index (χ1) is 6.75. The van der Waals surface area contributed by atoms with E-state index in [1.54, 1.807) is 0 Å². The quantitative estimate of drug-likeness (QED) is 0.345. The maximum atomic E-state index is 11.5. The van der Waals surface area contributed by atoms with Crippen LogP contribution in [0.2, 0.25) is 0 Å². The largest absolute Gasteiger partial charge is 0.283 e. The van der Waals surface area contributed by atoms with Crippen LogP contribution in [0, 0.1) is 0 Å². The zero-order valence-corrected chi connectivity index (χ0v) is 10.5. The van der Waals surface area contributed by atoms with Gasteiger partial charge in [-0.05, 0) is 30.1 Å². The van der Waals surface area contributed by atoms with Crippen molar-refractivity contribution >= 4 is 34.4 Å². The molecule has 0 aromatic rings. The van der Waals surface area contributed by atoms with Crippen molar-refractivity contribution in [3.63, 3.8) is 0 Å². The minimum Gasteiger partial charge on any atom is -0.283 e. The molecule has 3 nitrogen and oxygen atoms in total. The van der Waals surface area contributed by atoms with Crippen LogP contribution in [0.25, 0.3) is 0 Å². The zero-order valence-electron chi connectivity index (χ0n) is 8.30. The Labute approximate surface area is 98.4 Å². The molecule has 0 spiro atoms. The van der Waals surface area contributed by atoms with Crippen molar-refractivity contribution in [3.8, 4) is 0 Å². The third-order valence-corrected chi connectivity index (χ3v) is 3.16. The Balaban J connectivity index is 2.44. The number of unbranched alkanes of at least 4 members (excludes halogenated alkanes) is 1. The number of hydrogen-bond donors (Lipinski definition) is 0. The number of nitrogens with zero attached hydrogens (tertiary/aromatic N) is 1. The Morgan fingerprint density at radius 2 is 1.64 bits per heavy atom. The summed E-state index contributed by atoms with van der Waals surface area (Å²) in [5, 5.41) is 0. The van der Waals surface area contributed by atoms with Gasteiger partial charge in [0.15, 0.2) is 0 Å². The van der Waals surface area contributed by atoms with Gasteiger partial charge in [0.2, 0.25) is 11.8 Å². The first-order valence-electron chi connectivity index (χ1n) is 5.15. The minimum atomic E-state index is 0.0287. The number of alkyl halides is 1. The molecule has 4 heteroatoms. The molecule has 0 aromatic carbocycles. The molecule has 1 aliphatic heterocycles. The van der Waals surface area contributed by atoms with Gasteiger partial charge in [-0.15, -0.1) is 0 Å². The van der Waals surface area contributed by atoms with E-state index < -0.39 is 0 Å². The fourth-order valence-corrected chi connectivity index (χ4v) is 2.11. The summed E-state index contributed by atoms with van der Waals surface area (Å²) >= 11 is 2.31. The Hall–Kier alpha value is -0.130. The van der Waals surface area contributed by atoms with Crippen LogP contribution in [-0.4, -0.2) is 27.7 Å². The third-order valence-electron chi connectivity index (χ3n) is 2.40. The van der Waals surface area contributed by atoms with Gasteiger partial charge in [0.05, 0.1) is 0 Å². The highest BCUT2D eigenvalue weighted by molar-refractivity contribution is 14.1. The second kappa shape index (κ2) is 6.37. The van der Waals surface area contributed by atoms with Crippen molar-refractivity contribution in [1.82, 2.24) is 4.90 Å². The van der Waals surface area contributed by atoms with Gasteiger partial charge in [-0.2, -0.15) is 0 Å². The number of halogens is 1. The summed E-state index contributed by atoms with van der Waals surface area (Å²) in [5.41, 5.74) is 0. The molecule has 0 N–H and O–H groups in total. The third kappa shape index (κ3) is 3.55. The molecule has 1 aliphatic rings. The van der Waals surface area contributed by atoms with Crippen LogP contribution in [0.3, 0.4) is 0 Å². The molecule has 0 radical (unpaired) electrons. The van der Waals surface area contributed by atoms with E-state index in [2.05, 4.69) is 22.6 Å². The molecule has 1 saturated heterocycles. The molecule has 1 rings (SSSR count). The van der Waals surface area contributed by atoms with Crippen LogP contribution < -0.4 is 0 Å². The standard InChI is InChI=1S/C10H16INO2/c11-7-3-4-8-12-9(13)5-1-2-6-10(12)14/h1-8H2. The SMILES string of the molecule is O=C1CCCCC(=O)N1CCCCI. The van der Waals surface area contributed by atoms with E-state index >= 15 is 0 Å². The van der Waals surface area contributed by atoms with Crippen LogP contribution in [0.15, 0.2) is 0 Å². The van der Waals surface area contributed by atoms with Gasteiger partial charge in [-0.3, -0.25) is 14.5 Å². The summed E-state index contributed by atoms with van der Waals surface area (Å²) in [5.74, 6) is 0.0573. The second-order valence-electron chi connectivity index (χ2n) is 3.54. The Morgan fingerprint density at radius 3 is 2.14 bits per heavy atom. The average molecular weight is 309 g/mol. The van der Waals surface area contributed by atoms with E-state index in [1.807, 2.05) is 0 Å². The molecule has 0 saturated carbocycles. The van der Waals surface area contributed by atoms with Crippen molar-refractivity contribution in [3.05, 3.63) is 0 Å². The first kappa shape index (κ1) is 11.9. The fraction of sp³-hybridized carbons (Fsp3) is 0.800. The lowest BCUT2D eigenvalue weighted by molar-refractivity contribution is -0.143. The molecule has 1 fully saturated rings. The maximum Gasteiger partial charge on any atom is 0.229 e. The number of likely N-dealkylation sites (tertiary alicyclic amines) is 1. The number of imide groups is 1. The van der Waals surface area contributed by atoms with E-state index in [0.717, 1.165) is 30.1 Å². The molecule has 0 unspecified atom stereocenters. The Kier molecular flexibility index (Phi) is 5.44. The summed E-state index contributed by atoms with van der Waals surface area (Å²) < 4.78 is 1.09. The highest BCUT2D eigenvalue weighted by Crippen LogP contribution is 2.13. The lowest BCUT2D eigenvalue weighted by atomic mass is 10.2. The molecule has 2 amide bonds. The molecular weight excluding hydrogens is 293 g/mol. The summed E-state index contributed by atoms with van der Waals surface area (Å²) in [7, 11) is 0. The van der Waals surface area contributed by atoms with Crippen LogP contribution >= 0.6 is 22.6 Å². The van der Waals surface area contributed by atoms with Crippen LogP contribution in [0.5, 0.6) is 0 Å². The molecule has 0 aromatic heterocycles. The molecule has 80 valence electrons. The lowest BCUT2D eigenvalue weighted by Crippen LogP contribution is -2.35. The van der Waals surface area contributed by atoms with E-state index in [1.165, 1.54) is 4.90 Å². The van der Waals surface area contributed by atoms with E-state index in [0.29, 0.717) is 19.4 Å². The van der Waals surface area contributed by atoms with Crippen molar-refractivity contribution in [2.45, 2.75) is 38.5 Å². The van der Waals surface area contributed by atoms with E-state index in [9.17, 15) is 9.59 Å². The van der Waals surface area contributed by atoms with Gasteiger partial charge in [-0.1, -0.05) is 22.6 Å². The summed E-state index contributed by atoms with van der Waals surface area (Å²) in [6.07, 6.45) is 4.87. The van der Waals surface area contributed by atoms with Gasteiger partial charge in [0.1, 0.15) is 0 Å². The summed E-state index contributed by atoms with van der Waals surface area (Å²) in [6, 6.07) is 0. The predicted molar refractivity (Wildman–Crippen MR) is 63.3 cm³/mol. The second-order valence-corrected chi connectivity index (χ2v) is 4.62. The summed E-state index contributed by atoms with van der Waals surface area (Å²) in [6.45, 7) is 0.626. The van der Waals surface area contributed by atoms with Crippen LogP contribution in [0.1, 0.15) is 38.5 Å². The zero-order chi connectivity index (χ0) is 10.4. The molecule has 0 bridgehead atoms. The van der Waals surface area contributed by atoms with Gasteiger partial charge in [0.25, 0.3) is 0 Å². The topological polar surface area (TPSA) is 37.4 Å². The molecular formula is C10H16INO2. The molecule has 1 heterocycles. The van der Waals surface area contributed by atoms with Crippen LogP contribution in [0.4, 0.5) is 0 Å². The molecule has 0 atom stereocenters. The predicted octanol–water partition coefficient (Wildman–Crippen LogP) is 2.13. The smallest absolute Gasteiger partial charge is 0.229 e. The van der Waals surface area contributed by atoms with Crippen molar-refractivity contribution < 1.29 is 9.59 Å². The Bertz CT molecular complexity index is 200. The average Bonchev–Trinajstić information content (AvgIpc) is 2.32. The summed E-state index contributed by atoms with van der Waals surface area (Å²) in [4.78, 5) is 24.5. The van der Waals surface area contributed by atoms with Crippen LogP contribution in [-0.2, 0) is 9.59 Å². The van der Waals surface area contributed by atoms with Gasteiger partial charge in [-0.25, -0.2) is 0 Å². The van der Waals surface area contributed by atoms with Gasteiger partial charge < -0.3 is 0 Å². The lowest BCUT2D eigenvalue weighted by Gasteiger charge is -2.17. The maximum absolute atomic E-state index is 11.5.